The topological polar surface area (TPSA) is 107 Å². The first-order valence-corrected chi connectivity index (χ1v) is 13.2. The number of hydrogen-bond donors (Lipinski definition) is 1. The number of ether oxygens (including phenoxy) is 1. The summed E-state index contributed by atoms with van der Waals surface area (Å²) in [5.74, 6) is 4.65. The molecule has 0 bridgehead atoms. The van der Waals surface area contributed by atoms with E-state index in [9.17, 15) is 8.42 Å². The Hall–Kier alpha value is -4.33. The average molecular weight is 576 g/mol. The molecule has 0 spiro atoms. The summed E-state index contributed by atoms with van der Waals surface area (Å²) in [6.45, 7) is 0.236. The van der Waals surface area contributed by atoms with Crippen molar-refractivity contribution in [1.82, 2.24) is 10.1 Å². The summed E-state index contributed by atoms with van der Waals surface area (Å²) in [6, 6.07) is 23.7. The van der Waals surface area contributed by atoms with Crippen LogP contribution >= 0.6 is 15.9 Å². The highest BCUT2D eigenvalue weighted by atomic mass is 79.9. The van der Waals surface area contributed by atoms with Crippen molar-refractivity contribution in [3.63, 3.8) is 0 Å². The van der Waals surface area contributed by atoms with Gasteiger partial charge >= 0.3 is 0 Å². The predicted molar refractivity (Wildman–Crippen MR) is 141 cm³/mol. The molecule has 1 N–H and O–H groups in total. The highest BCUT2D eigenvalue weighted by Crippen LogP contribution is 2.26. The Labute approximate surface area is 221 Å². The van der Waals surface area contributed by atoms with Gasteiger partial charge in [-0.3, -0.25) is 4.72 Å². The number of rotatable bonds is 8. The number of furan rings is 1. The number of benzene rings is 3. The Morgan fingerprint density at radius 2 is 1.78 bits per heavy atom. The predicted octanol–water partition coefficient (Wildman–Crippen LogP) is 6.12. The van der Waals surface area contributed by atoms with Gasteiger partial charge in [0, 0.05) is 15.6 Å². The molecule has 37 heavy (non-hydrogen) atoms. The molecule has 184 valence electrons. The fourth-order valence-electron chi connectivity index (χ4n) is 3.37. The van der Waals surface area contributed by atoms with Gasteiger partial charge in [0.25, 0.3) is 15.9 Å². The van der Waals surface area contributed by atoms with Crippen LogP contribution in [0, 0.1) is 12.3 Å². The van der Waals surface area contributed by atoms with Gasteiger partial charge in [0.05, 0.1) is 10.6 Å². The van der Waals surface area contributed by atoms with Gasteiger partial charge in [-0.1, -0.05) is 33.1 Å². The normalized spacial score (nSPS) is 11.1. The Kier molecular flexibility index (Phi) is 6.81. The minimum absolute atomic E-state index is 0.0764. The molecule has 5 rings (SSSR count). The zero-order chi connectivity index (χ0) is 25.8. The average Bonchev–Trinajstić information content (AvgIpc) is 3.58. The zero-order valence-corrected chi connectivity index (χ0v) is 21.5. The van der Waals surface area contributed by atoms with Crippen molar-refractivity contribution in [2.75, 3.05) is 4.72 Å². The molecule has 0 saturated carbocycles. The third-order valence-electron chi connectivity index (χ3n) is 5.20. The number of nitrogens with one attached hydrogen (secondary N) is 1. The van der Waals surface area contributed by atoms with Crippen LogP contribution in [0.5, 0.6) is 5.75 Å². The molecule has 8 nitrogen and oxygen atoms in total. The maximum atomic E-state index is 12.8. The van der Waals surface area contributed by atoms with Crippen LogP contribution in [0.1, 0.15) is 11.3 Å². The summed E-state index contributed by atoms with van der Waals surface area (Å²) in [5, 5.41) is 3.99. The van der Waals surface area contributed by atoms with Crippen LogP contribution in [-0.4, -0.2) is 18.6 Å². The smallest absolute Gasteiger partial charge is 0.293 e. The molecule has 0 radical (unpaired) electrons. The number of hydrogen-bond acceptors (Lipinski definition) is 7. The van der Waals surface area contributed by atoms with E-state index in [4.69, 9.17) is 20.1 Å². The molecular formula is C27H18BrN3O5S. The number of anilines is 1. The van der Waals surface area contributed by atoms with E-state index in [1.807, 2.05) is 24.3 Å². The molecule has 0 unspecified atom stereocenters. The van der Waals surface area contributed by atoms with Crippen LogP contribution < -0.4 is 9.46 Å². The van der Waals surface area contributed by atoms with Crippen LogP contribution in [0.3, 0.4) is 0 Å². The standard InChI is InChI=1S/C27H18BrN3O5S/c1-2-18-4-3-5-21(16-18)31-37(32,33)24-13-6-19(7-14-24)26-29-27(36-30-26)25-15-12-23(35-25)17-34-22-10-8-20(28)9-11-22/h1,3-16,31H,17H2. The fraction of sp³-hybridized carbons (Fsp3) is 0.0370. The van der Waals surface area contributed by atoms with E-state index < -0.39 is 10.0 Å². The molecule has 0 aliphatic carbocycles. The molecule has 0 amide bonds. The lowest BCUT2D eigenvalue weighted by Gasteiger charge is -2.08. The lowest BCUT2D eigenvalue weighted by Crippen LogP contribution is -2.12. The Bertz CT molecular complexity index is 1690. The molecule has 2 aromatic heterocycles. The Balaban J connectivity index is 1.26. The largest absolute Gasteiger partial charge is 0.486 e. The van der Waals surface area contributed by atoms with E-state index in [0.29, 0.717) is 34.1 Å². The summed E-state index contributed by atoms with van der Waals surface area (Å²) in [7, 11) is -3.81. The third kappa shape index (κ3) is 5.74. The number of halogens is 1. The van der Waals surface area contributed by atoms with Gasteiger partial charge < -0.3 is 13.7 Å². The van der Waals surface area contributed by atoms with Crippen LogP contribution in [0.15, 0.2) is 103 Å². The number of sulfonamides is 1. The molecule has 0 aliphatic rings. The van der Waals surface area contributed by atoms with E-state index in [-0.39, 0.29) is 23.2 Å². The quantitative estimate of drug-likeness (QED) is 0.222. The molecule has 0 atom stereocenters. The van der Waals surface area contributed by atoms with Crippen molar-refractivity contribution in [1.29, 1.82) is 0 Å². The van der Waals surface area contributed by atoms with Crippen molar-refractivity contribution in [3.05, 3.63) is 101 Å². The van der Waals surface area contributed by atoms with E-state index in [1.54, 1.807) is 48.5 Å². The summed E-state index contributed by atoms with van der Waals surface area (Å²) in [4.78, 5) is 4.45. The second-order valence-corrected chi connectivity index (χ2v) is 10.4. The lowest BCUT2D eigenvalue weighted by atomic mass is 10.2. The van der Waals surface area contributed by atoms with Gasteiger partial charge in [-0.2, -0.15) is 4.98 Å². The first-order chi connectivity index (χ1) is 17.9. The van der Waals surface area contributed by atoms with Crippen molar-refractivity contribution >= 4 is 31.6 Å². The monoisotopic (exact) mass is 575 g/mol. The van der Waals surface area contributed by atoms with E-state index in [2.05, 4.69) is 36.7 Å². The van der Waals surface area contributed by atoms with E-state index in [1.165, 1.54) is 12.1 Å². The molecule has 0 saturated heterocycles. The third-order valence-corrected chi connectivity index (χ3v) is 7.12. The SMILES string of the molecule is C#Cc1cccc(NS(=O)(=O)c2ccc(-c3noc(-c4ccc(COc5ccc(Br)cc5)o4)n3)cc2)c1. The molecule has 10 heteroatoms. The molecule has 3 aromatic carbocycles. The first-order valence-electron chi connectivity index (χ1n) is 10.9. The first kappa shape index (κ1) is 24.4. The van der Waals surface area contributed by atoms with Crippen molar-refractivity contribution in [2.24, 2.45) is 0 Å². The highest BCUT2D eigenvalue weighted by molar-refractivity contribution is 9.10. The fourth-order valence-corrected chi connectivity index (χ4v) is 4.68. The highest BCUT2D eigenvalue weighted by Gasteiger charge is 2.17. The summed E-state index contributed by atoms with van der Waals surface area (Å²) >= 11 is 3.39. The van der Waals surface area contributed by atoms with Gasteiger partial charge in [-0.05, 0) is 78.9 Å². The summed E-state index contributed by atoms with van der Waals surface area (Å²) in [6.07, 6.45) is 5.39. The van der Waals surface area contributed by atoms with Gasteiger partial charge in [-0.15, -0.1) is 6.42 Å². The van der Waals surface area contributed by atoms with E-state index >= 15 is 0 Å². The van der Waals surface area contributed by atoms with Gasteiger partial charge in [0.15, 0.2) is 5.76 Å². The van der Waals surface area contributed by atoms with Crippen molar-refractivity contribution in [2.45, 2.75) is 11.5 Å². The molecule has 0 aliphatic heterocycles. The van der Waals surface area contributed by atoms with Crippen LogP contribution in [0.2, 0.25) is 0 Å². The Morgan fingerprint density at radius 3 is 2.54 bits per heavy atom. The van der Waals surface area contributed by atoms with Gasteiger partial charge in [0.1, 0.15) is 18.1 Å². The van der Waals surface area contributed by atoms with E-state index in [0.717, 1.165) is 4.47 Å². The summed E-state index contributed by atoms with van der Waals surface area (Å²) < 4.78 is 45.8. The zero-order valence-electron chi connectivity index (χ0n) is 19.1. The number of terminal acetylenes is 1. The van der Waals surface area contributed by atoms with Crippen molar-refractivity contribution in [3.8, 4) is 41.1 Å². The second-order valence-electron chi connectivity index (χ2n) is 7.79. The number of aromatic nitrogens is 2. The molecular weight excluding hydrogens is 558 g/mol. The second kappa shape index (κ2) is 10.3. The van der Waals surface area contributed by atoms with Crippen LogP contribution in [0.25, 0.3) is 23.0 Å². The Morgan fingerprint density at radius 1 is 1.00 bits per heavy atom. The maximum absolute atomic E-state index is 12.8. The minimum Gasteiger partial charge on any atom is -0.486 e. The van der Waals surface area contributed by atoms with Gasteiger partial charge in [-0.25, -0.2) is 8.42 Å². The van der Waals surface area contributed by atoms with Gasteiger partial charge in [0.2, 0.25) is 5.82 Å². The molecule has 5 aromatic rings. The van der Waals surface area contributed by atoms with Crippen molar-refractivity contribution < 1.29 is 22.1 Å². The van der Waals surface area contributed by atoms with Crippen LogP contribution in [-0.2, 0) is 16.6 Å². The number of nitrogens with zero attached hydrogens (tertiary/aromatic N) is 2. The molecule has 2 heterocycles. The lowest BCUT2D eigenvalue weighted by molar-refractivity contribution is 0.270. The minimum atomic E-state index is -3.81. The molecule has 0 fully saturated rings. The van der Waals surface area contributed by atoms with Crippen LogP contribution in [0.4, 0.5) is 5.69 Å². The summed E-state index contributed by atoms with van der Waals surface area (Å²) in [5.41, 5.74) is 1.53. The maximum Gasteiger partial charge on any atom is 0.293 e.